The first-order valence-corrected chi connectivity index (χ1v) is 6.81. The van der Waals surface area contributed by atoms with Gasteiger partial charge < -0.3 is 14.8 Å². The van der Waals surface area contributed by atoms with Crippen LogP contribution in [0.4, 0.5) is 0 Å². The summed E-state index contributed by atoms with van der Waals surface area (Å²) in [4.78, 5) is 37.3. The highest BCUT2D eigenvalue weighted by atomic mass is 16.2. The van der Waals surface area contributed by atoms with E-state index >= 15 is 0 Å². The lowest BCUT2D eigenvalue weighted by Crippen LogP contribution is -2.62. The van der Waals surface area contributed by atoms with Crippen LogP contribution in [0.15, 0.2) is 29.2 Å². The van der Waals surface area contributed by atoms with Crippen LogP contribution in [0.2, 0.25) is 0 Å². The Balaban J connectivity index is 2.13. The number of carbonyl (C=O) groups is 2. The summed E-state index contributed by atoms with van der Waals surface area (Å²) < 4.78 is 1.54. The van der Waals surface area contributed by atoms with Crippen molar-refractivity contribution in [2.45, 2.75) is 38.9 Å². The molecule has 2 amide bonds. The third-order valence-electron chi connectivity index (χ3n) is 3.56. The fourth-order valence-electron chi connectivity index (χ4n) is 2.45. The van der Waals surface area contributed by atoms with Gasteiger partial charge in [0, 0.05) is 25.4 Å². The van der Waals surface area contributed by atoms with Gasteiger partial charge in [-0.2, -0.15) is 0 Å². The maximum absolute atomic E-state index is 12.2. The number of aromatic nitrogens is 1. The Morgan fingerprint density at radius 2 is 1.95 bits per heavy atom. The summed E-state index contributed by atoms with van der Waals surface area (Å²) in [6.07, 6.45) is 2.25. The van der Waals surface area contributed by atoms with Crippen molar-refractivity contribution < 1.29 is 9.59 Å². The molecule has 2 atom stereocenters. The molecule has 20 heavy (non-hydrogen) atoms. The van der Waals surface area contributed by atoms with Crippen molar-refractivity contribution >= 4 is 11.8 Å². The van der Waals surface area contributed by atoms with Gasteiger partial charge in [-0.1, -0.05) is 13.0 Å². The molecule has 0 aliphatic carbocycles. The van der Waals surface area contributed by atoms with Gasteiger partial charge in [-0.3, -0.25) is 14.4 Å². The quantitative estimate of drug-likeness (QED) is 0.840. The normalized spacial score (nSPS) is 22.8. The molecule has 0 spiro atoms. The second-order valence-electron chi connectivity index (χ2n) is 4.92. The molecule has 1 N–H and O–H groups in total. The van der Waals surface area contributed by atoms with Crippen LogP contribution in [0.5, 0.6) is 0 Å². The van der Waals surface area contributed by atoms with E-state index in [9.17, 15) is 14.4 Å². The van der Waals surface area contributed by atoms with E-state index in [1.807, 2.05) is 6.92 Å². The predicted molar refractivity (Wildman–Crippen MR) is 74.1 cm³/mol. The smallest absolute Gasteiger partial charge is 0.250 e. The van der Waals surface area contributed by atoms with Gasteiger partial charge in [0.2, 0.25) is 11.8 Å². The third kappa shape index (κ3) is 2.74. The van der Waals surface area contributed by atoms with Gasteiger partial charge in [0.1, 0.15) is 12.1 Å². The summed E-state index contributed by atoms with van der Waals surface area (Å²) in [5.74, 6) is -0.222. The van der Waals surface area contributed by atoms with Crippen LogP contribution in [0.25, 0.3) is 0 Å². The molecule has 1 fully saturated rings. The number of rotatable bonds is 4. The number of nitrogens with zero attached hydrogens (tertiary/aromatic N) is 2. The molecule has 0 aromatic carbocycles. The maximum atomic E-state index is 12.2. The molecule has 6 heteroatoms. The van der Waals surface area contributed by atoms with Gasteiger partial charge in [0.25, 0.3) is 5.56 Å². The van der Waals surface area contributed by atoms with Crippen LogP contribution in [0, 0.1) is 0 Å². The molecular weight excluding hydrogens is 258 g/mol. The zero-order valence-corrected chi connectivity index (χ0v) is 11.7. The molecule has 1 aliphatic rings. The first kappa shape index (κ1) is 14.3. The summed E-state index contributed by atoms with van der Waals surface area (Å²) in [7, 11) is 0. The number of hydrogen-bond donors (Lipinski definition) is 1. The molecule has 2 rings (SSSR count). The van der Waals surface area contributed by atoms with Crippen LogP contribution in [0.1, 0.15) is 20.3 Å². The Bertz CT molecular complexity index is 567. The molecule has 2 heterocycles. The highest BCUT2D eigenvalue weighted by Crippen LogP contribution is 2.12. The largest absolute Gasteiger partial charge is 0.343 e. The van der Waals surface area contributed by atoms with Gasteiger partial charge >= 0.3 is 0 Å². The van der Waals surface area contributed by atoms with Crippen molar-refractivity contribution in [1.82, 2.24) is 14.8 Å². The van der Waals surface area contributed by atoms with Crippen LogP contribution >= 0.6 is 0 Å². The summed E-state index contributed by atoms with van der Waals surface area (Å²) in [5.41, 5.74) is -0.109. The van der Waals surface area contributed by atoms with Gasteiger partial charge in [0.15, 0.2) is 0 Å². The topological polar surface area (TPSA) is 71.4 Å². The van der Waals surface area contributed by atoms with Crippen LogP contribution < -0.4 is 10.9 Å². The molecule has 0 bridgehead atoms. The highest BCUT2D eigenvalue weighted by molar-refractivity contribution is 5.96. The fraction of sp³-hybridized carbons (Fsp3) is 0.500. The second-order valence-corrected chi connectivity index (χ2v) is 4.92. The molecule has 1 aliphatic heterocycles. The summed E-state index contributed by atoms with van der Waals surface area (Å²) in [6.45, 7) is 4.30. The number of hydrogen-bond acceptors (Lipinski definition) is 3. The summed E-state index contributed by atoms with van der Waals surface area (Å²) >= 11 is 0. The van der Waals surface area contributed by atoms with Crippen LogP contribution in [0.3, 0.4) is 0 Å². The van der Waals surface area contributed by atoms with Gasteiger partial charge in [-0.25, -0.2) is 0 Å². The van der Waals surface area contributed by atoms with Crippen molar-refractivity contribution in [1.29, 1.82) is 0 Å². The molecule has 2 unspecified atom stereocenters. The Kier molecular flexibility index (Phi) is 4.22. The molecule has 0 saturated carbocycles. The van der Waals surface area contributed by atoms with Crippen molar-refractivity contribution in [3.63, 3.8) is 0 Å². The lowest BCUT2D eigenvalue weighted by Gasteiger charge is -2.37. The molecule has 108 valence electrons. The number of nitrogens with one attached hydrogen (secondary N) is 1. The van der Waals surface area contributed by atoms with Crippen molar-refractivity contribution in [2.75, 3.05) is 6.54 Å². The number of amides is 2. The minimum absolute atomic E-state index is 0.0968. The Morgan fingerprint density at radius 3 is 2.60 bits per heavy atom. The molecule has 1 saturated heterocycles. The van der Waals surface area contributed by atoms with E-state index in [1.165, 1.54) is 10.6 Å². The van der Waals surface area contributed by atoms with Crippen molar-refractivity contribution in [3.05, 3.63) is 34.7 Å². The van der Waals surface area contributed by atoms with Crippen LogP contribution in [-0.2, 0) is 16.1 Å². The third-order valence-corrected chi connectivity index (χ3v) is 3.56. The Hall–Kier alpha value is -2.11. The average molecular weight is 277 g/mol. The molecule has 0 radical (unpaired) electrons. The van der Waals surface area contributed by atoms with E-state index in [1.54, 1.807) is 30.2 Å². The second kappa shape index (κ2) is 5.90. The molecule has 1 aromatic heterocycles. The van der Waals surface area contributed by atoms with Gasteiger partial charge in [-0.05, 0) is 19.4 Å². The lowest BCUT2D eigenvalue weighted by atomic mass is 10.1. The minimum Gasteiger partial charge on any atom is -0.343 e. The van der Waals surface area contributed by atoms with Gasteiger partial charge in [-0.15, -0.1) is 0 Å². The standard InChI is InChI=1S/C14H19N3O3/c1-3-11-13(19)15-10(2)14(20)17(11)9-8-16-7-5-4-6-12(16)18/h4-7,10-11H,3,8-9H2,1-2H3,(H,15,19). The predicted octanol–water partition coefficient (Wildman–Crippen LogP) is -0.0262. The maximum Gasteiger partial charge on any atom is 0.250 e. The highest BCUT2D eigenvalue weighted by Gasteiger charge is 2.36. The zero-order valence-electron chi connectivity index (χ0n) is 11.7. The van der Waals surface area contributed by atoms with E-state index in [4.69, 9.17) is 0 Å². The molecular formula is C14H19N3O3. The van der Waals surface area contributed by atoms with Crippen molar-refractivity contribution in [2.24, 2.45) is 0 Å². The number of carbonyl (C=O) groups excluding carboxylic acids is 2. The summed E-state index contributed by atoms with van der Waals surface area (Å²) in [5, 5.41) is 2.67. The average Bonchev–Trinajstić information content (AvgIpc) is 2.42. The van der Waals surface area contributed by atoms with E-state index < -0.39 is 12.1 Å². The van der Waals surface area contributed by atoms with Crippen LogP contribution in [-0.4, -0.2) is 39.9 Å². The lowest BCUT2D eigenvalue weighted by molar-refractivity contribution is -0.149. The van der Waals surface area contributed by atoms with Crippen molar-refractivity contribution in [3.8, 4) is 0 Å². The minimum atomic E-state index is -0.502. The van der Waals surface area contributed by atoms with Gasteiger partial charge in [0.05, 0.1) is 0 Å². The molecule has 6 nitrogen and oxygen atoms in total. The van der Waals surface area contributed by atoms with E-state index in [2.05, 4.69) is 5.32 Å². The Morgan fingerprint density at radius 1 is 1.20 bits per heavy atom. The SMILES string of the molecule is CCC1C(=O)NC(C)C(=O)N1CCn1ccccc1=O. The van der Waals surface area contributed by atoms with E-state index in [0.717, 1.165) is 0 Å². The fourth-order valence-corrected chi connectivity index (χ4v) is 2.45. The first-order valence-electron chi connectivity index (χ1n) is 6.81. The summed E-state index contributed by atoms with van der Waals surface area (Å²) in [6, 6.07) is 3.97. The monoisotopic (exact) mass is 277 g/mol. The number of piperazine rings is 1. The number of pyridine rings is 1. The first-order chi connectivity index (χ1) is 9.54. The van der Waals surface area contributed by atoms with E-state index in [0.29, 0.717) is 19.5 Å². The zero-order chi connectivity index (χ0) is 14.7. The Labute approximate surface area is 117 Å². The molecule has 1 aromatic rings. The van der Waals surface area contributed by atoms with E-state index in [-0.39, 0.29) is 17.4 Å².